The van der Waals surface area contributed by atoms with Gasteiger partial charge in [0.2, 0.25) is 0 Å². The van der Waals surface area contributed by atoms with E-state index in [-0.39, 0.29) is 25.2 Å². The maximum absolute atomic E-state index is 11.3. The monoisotopic (exact) mass is 212 g/mol. The van der Waals surface area contributed by atoms with E-state index in [0.29, 0.717) is 5.82 Å². The van der Waals surface area contributed by atoms with Crippen LogP contribution >= 0.6 is 0 Å². The summed E-state index contributed by atoms with van der Waals surface area (Å²) in [5.74, 6) is 0.639. The molecule has 0 unspecified atom stereocenters. The van der Waals surface area contributed by atoms with Gasteiger partial charge in [0.15, 0.2) is 0 Å². The second kappa shape index (κ2) is 5.35. The number of aromatic nitrogens is 2. The van der Waals surface area contributed by atoms with Gasteiger partial charge in [-0.1, -0.05) is 0 Å². The molecule has 2 amide bonds. The second-order valence-corrected chi connectivity index (χ2v) is 3.36. The Kier molecular flexibility index (Phi) is 4.11. The highest BCUT2D eigenvalue weighted by Crippen LogP contribution is 2.12. The molecule has 15 heavy (non-hydrogen) atoms. The van der Waals surface area contributed by atoms with Crippen molar-refractivity contribution in [2.45, 2.75) is 19.9 Å². The molecule has 0 saturated heterocycles. The summed E-state index contributed by atoms with van der Waals surface area (Å²) >= 11 is 0. The SMILES string of the molecule is CC(C)n1nccc1NC(=O)NCCO. The Labute approximate surface area is 88.3 Å². The van der Waals surface area contributed by atoms with E-state index in [1.165, 1.54) is 0 Å². The largest absolute Gasteiger partial charge is 0.395 e. The average molecular weight is 212 g/mol. The van der Waals surface area contributed by atoms with Gasteiger partial charge in [-0.25, -0.2) is 9.48 Å². The van der Waals surface area contributed by atoms with Crippen LogP contribution in [0.2, 0.25) is 0 Å². The minimum absolute atomic E-state index is 0.0726. The number of rotatable bonds is 4. The summed E-state index contributed by atoms with van der Waals surface area (Å²) in [5, 5.41) is 17.7. The molecule has 1 rings (SSSR count). The molecular formula is C9H16N4O2. The molecule has 0 radical (unpaired) electrons. The highest BCUT2D eigenvalue weighted by atomic mass is 16.3. The van der Waals surface area contributed by atoms with Crippen LogP contribution in [0, 0.1) is 0 Å². The van der Waals surface area contributed by atoms with Crippen LogP contribution in [-0.4, -0.2) is 34.1 Å². The highest BCUT2D eigenvalue weighted by Gasteiger charge is 2.08. The van der Waals surface area contributed by atoms with Crippen molar-refractivity contribution in [2.75, 3.05) is 18.5 Å². The van der Waals surface area contributed by atoms with Gasteiger partial charge in [-0.2, -0.15) is 5.10 Å². The predicted octanol–water partition coefficient (Wildman–Crippen LogP) is 0.578. The Hall–Kier alpha value is -1.56. The maximum atomic E-state index is 11.3. The molecule has 0 bridgehead atoms. The molecule has 0 aliphatic rings. The van der Waals surface area contributed by atoms with Crippen molar-refractivity contribution in [3.63, 3.8) is 0 Å². The molecule has 1 aromatic rings. The predicted molar refractivity (Wildman–Crippen MR) is 56.7 cm³/mol. The summed E-state index contributed by atoms with van der Waals surface area (Å²) in [6.45, 7) is 4.12. The first-order valence-corrected chi connectivity index (χ1v) is 4.84. The lowest BCUT2D eigenvalue weighted by molar-refractivity contribution is 0.244. The van der Waals surface area contributed by atoms with Crippen LogP contribution in [0.5, 0.6) is 0 Å². The van der Waals surface area contributed by atoms with Crippen LogP contribution < -0.4 is 10.6 Å². The van der Waals surface area contributed by atoms with E-state index in [9.17, 15) is 4.79 Å². The van der Waals surface area contributed by atoms with Gasteiger partial charge < -0.3 is 10.4 Å². The molecule has 0 fully saturated rings. The zero-order valence-electron chi connectivity index (χ0n) is 8.90. The second-order valence-electron chi connectivity index (χ2n) is 3.36. The van der Waals surface area contributed by atoms with Gasteiger partial charge in [-0.05, 0) is 13.8 Å². The Morgan fingerprint density at radius 3 is 3.00 bits per heavy atom. The number of aliphatic hydroxyl groups excluding tert-OH is 1. The van der Waals surface area contributed by atoms with Crippen LogP contribution in [0.1, 0.15) is 19.9 Å². The number of nitrogens with one attached hydrogen (secondary N) is 2. The molecular weight excluding hydrogens is 196 g/mol. The van der Waals surface area contributed by atoms with Crippen molar-refractivity contribution >= 4 is 11.8 Å². The van der Waals surface area contributed by atoms with Crippen molar-refractivity contribution in [3.8, 4) is 0 Å². The molecule has 6 nitrogen and oxygen atoms in total. The van der Waals surface area contributed by atoms with Gasteiger partial charge in [-0.3, -0.25) is 5.32 Å². The lowest BCUT2D eigenvalue weighted by Gasteiger charge is -2.11. The van der Waals surface area contributed by atoms with Crippen LogP contribution in [0.3, 0.4) is 0 Å². The van der Waals surface area contributed by atoms with Crippen molar-refractivity contribution < 1.29 is 9.90 Å². The number of carbonyl (C=O) groups excluding carboxylic acids is 1. The van der Waals surface area contributed by atoms with Crippen molar-refractivity contribution in [1.29, 1.82) is 0 Å². The van der Waals surface area contributed by atoms with Crippen LogP contribution in [0.25, 0.3) is 0 Å². The number of carbonyl (C=O) groups is 1. The lowest BCUT2D eigenvalue weighted by Crippen LogP contribution is -2.31. The number of amides is 2. The molecule has 0 aliphatic heterocycles. The zero-order chi connectivity index (χ0) is 11.3. The molecule has 3 N–H and O–H groups in total. The fourth-order valence-electron chi connectivity index (χ4n) is 1.15. The summed E-state index contributed by atoms with van der Waals surface area (Å²) in [6, 6.07) is 1.57. The highest BCUT2D eigenvalue weighted by molar-refractivity contribution is 5.88. The smallest absolute Gasteiger partial charge is 0.320 e. The van der Waals surface area contributed by atoms with Gasteiger partial charge in [0.1, 0.15) is 5.82 Å². The summed E-state index contributed by atoms with van der Waals surface area (Å²) in [4.78, 5) is 11.3. The Balaban J connectivity index is 2.56. The first kappa shape index (κ1) is 11.5. The summed E-state index contributed by atoms with van der Waals surface area (Å²) in [7, 11) is 0. The molecule has 0 saturated carbocycles. The third-order valence-electron chi connectivity index (χ3n) is 1.80. The third-order valence-corrected chi connectivity index (χ3v) is 1.80. The average Bonchev–Trinajstić information content (AvgIpc) is 2.62. The van der Waals surface area contributed by atoms with Gasteiger partial charge >= 0.3 is 6.03 Å². The lowest BCUT2D eigenvalue weighted by atomic mass is 10.4. The number of aliphatic hydroxyl groups is 1. The quantitative estimate of drug-likeness (QED) is 0.683. The molecule has 1 heterocycles. The van der Waals surface area contributed by atoms with Crippen LogP contribution in [0.15, 0.2) is 12.3 Å². The molecule has 0 atom stereocenters. The summed E-state index contributed by atoms with van der Waals surface area (Å²) in [5.41, 5.74) is 0. The number of anilines is 1. The first-order valence-electron chi connectivity index (χ1n) is 4.84. The van der Waals surface area contributed by atoms with Gasteiger partial charge in [-0.15, -0.1) is 0 Å². The zero-order valence-corrected chi connectivity index (χ0v) is 8.90. The third kappa shape index (κ3) is 3.25. The van der Waals surface area contributed by atoms with E-state index in [1.807, 2.05) is 13.8 Å². The van der Waals surface area contributed by atoms with E-state index >= 15 is 0 Å². The van der Waals surface area contributed by atoms with E-state index in [4.69, 9.17) is 5.11 Å². The summed E-state index contributed by atoms with van der Waals surface area (Å²) in [6.07, 6.45) is 1.63. The maximum Gasteiger partial charge on any atom is 0.320 e. The molecule has 0 spiro atoms. The number of urea groups is 1. The molecule has 6 heteroatoms. The van der Waals surface area contributed by atoms with Gasteiger partial charge in [0.25, 0.3) is 0 Å². The first-order chi connectivity index (χ1) is 7.15. The Bertz CT molecular complexity index is 322. The Morgan fingerprint density at radius 1 is 1.67 bits per heavy atom. The van der Waals surface area contributed by atoms with E-state index in [2.05, 4.69) is 15.7 Å². The normalized spacial score (nSPS) is 10.4. The van der Waals surface area contributed by atoms with E-state index < -0.39 is 0 Å². The van der Waals surface area contributed by atoms with Crippen molar-refractivity contribution in [3.05, 3.63) is 12.3 Å². The molecule has 0 aliphatic carbocycles. The van der Waals surface area contributed by atoms with Crippen molar-refractivity contribution in [2.24, 2.45) is 0 Å². The van der Waals surface area contributed by atoms with E-state index in [0.717, 1.165) is 0 Å². The molecule has 1 aromatic heterocycles. The number of hydrogen-bond acceptors (Lipinski definition) is 3. The van der Waals surface area contributed by atoms with Gasteiger partial charge in [0, 0.05) is 18.7 Å². The van der Waals surface area contributed by atoms with Crippen molar-refractivity contribution in [1.82, 2.24) is 15.1 Å². The topological polar surface area (TPSA) is 79.2 Å². The fourth-order valence-corrected chi connectivity index (χ4v) is 1.15. The van der Waals surface area contributed by atoms with Crippen LogP contribution in [0.4, 0.5) is 10.6 Å². The molecule has 0 aromatic carbocycles. The fraction of sp³-hybridized carbons (Fsp3) is 0.556. The Morgan fingerprint density at radius 2 is 2.40 bits per heavy atom. The van der Waals surface area contributed by atoms with Crippen LogP contribution in [-0.2, 0) is 0 Å². The summed E-state index contributed by atoms with van der Waals surface area (Å²) < 4.78 is 1.71. The van der Waals surface area contributed by atoms with Gasteiger partial charge in [0.05, 0.1) is 12.8 Å². The number of nitrogens with zero attached hydrogens (tertiary/aromatic N) is 2. The number of hydrogen-bond donors (Lipinski definition) is 3. The minimum Gasteiger partial charge on any atom is -0.395 e. The molecule has 84 valence electrons. The minimum atomic E-state index is -0.341. The standard InChI is InChI=1S/C9H16N4O2/c1-7(2)13-8(3-4-11-13)12-9(15)10-5-6-14/h3-4,7,14H,5-6H2,1-2H3,(H2,10,12,15). The van der Waals surface area contributed by atoms with E-state index in [1.54, 1.807) is 16.9 Å².